The highest BCUT2D eigenvalue weighted by atomic mass is 16.6. The van der Waals surface area contributed by atoms with Gasteiger partial charge in [0.2, 0.25) is 0 Å². The van der Waals surface area contributed by atoms with Gasteiger partial charge in [0.05, 0.1) is 6.54 Å². The molecule has 0 bridgehead atoms. The average Bonchev–Trinajstić information content (AvgIpc) is 3.18. The third-order valence-electron chi connectivity index (χ3n) is 3.84. The highest BCUT2D eigenvalue weighted by Gasteiger charge is 2.37. The van der Waals surface area contributed by atoms with Crippen LogP contribution in [0, 0.1) is 12.8 Å². The Morgan fingerprint density at radius 1 is 1.29 bits per heavy atom. The fourth-order valence-corrected chi connectivity index (χ4v) is 2.44. The van der Waals surface area contributed by atoms with Crippen LogP contribution in [0.3, 0.4) is 0 Å². The van der Waals surface area contributed by atoms with Crippen LogP contribution in [-0.2, 0) is 6.54 Å². The summed E-state index contributed by atoms with van der Waals surface area (Å²) in [5, 5.41) is 13.0. The topological polar surface area (TPSA) is 80.1 Å². The monoisotopic (exact) mass is 286 g/mol. The minimum Gasteiger partial charge on any atom is -0.338 e. The highest BCUT2D eigenvalue weighted by Crippen LogP contribution is 2.46. The van der Waals surface area contributed by atoms with Crippen LogP contribution in [0.2, 0.25) is 0 Å². The second kappa shape index (κ2) is 5.95. The number of nitrogens with one attached hydrogen (secondary N) is 2. The van der Waals surface area contributed by atoms with Crippen LogP contribution in [0.15, 0.2) is 35.0 Å². The van der Waals surface area contributed by atoms with Gasteiger partial charge in [0, 0.05) is 6.54 Å². The molecule has 2 aromatic rings. The number of benzene rings is 1. The van der Waals surface area contributed by atoms with Gasteiger partial charge >= 0.3 is 6.03 Å². The molecule has 0 saturated heterocycles. The van der Waals surface area contributed by atoms with Gasteiger partial charge in [0.25, 0.3) is 0 Å². The first kappa shape index (κ1) is 13.6. The van der Waals surface area contributed by atoms with Gasteiger partial charge in [0.15, 0.2) is 0 Å². The van der Waals surface area contributed by atoms with E-state index < -0.39 is 0 Å². The zero-order valence-electron chi connectivity index (χ0n) is 11.9. The molecule has 2 atom stereocenters. The minimum absolute atomic E-state index is 0.184. The van der Waals surface area contributed by atoms with E-state index in [1.54, 1.807) is 6.92 Å². The lowest BCUT2D eigenvalue weighted by Crippen LogP contribution is -2.36. The summed E-state index contributed by atoms with van der Waals surface area (Å²) in [5.74, 6) is 1.11. The quantitative estimate of drug-likeness (QED) is 0.880. The van der Waals surface area contributed by atoms with Gasteiger partial charge < -0.3 is 10.6 Å². The third-order valence-corrected chi connectivity index (χ3v) is 3.84. The molecule has 0 spiro atoms. The Morgan fingerprint density at radius 2 is 2.10 bits per heavy atom. The number of hydrogen-bond acceptors (Lipinski definition) is 4. The molecule has 0 aliphatic heterocycles. The number of aryl methyl sites for hydroxylation is 1. The lowest BCUT2D eigenvalue weighted by Gasteiger charge is -2.06. The molecule has 0 unspecified atom stereocenters. The summed E-state index contributed by atoms with van der Waals surface area (Å²) in [4.78, 5) is 11.7. The normalized spacial score (nSPS) is 20.0. The number of carbonyl (C=O) groups excluding carboxylic acids is 1. The Morgan fingerprint density at radius 3 is 2.81 bits per heavy atom. The Balaban J connectivity index is 1.38. The predicted molar refractivity (Wildman–Crippen MR) is 76.6 cm³/mol. The van der Waals surface area contributed by atoms with Crippen molar-refractivity contribution >= 4 is 6.03 Å². The van der Waals surface area contributed by atoms with Gasteiger partial charge in [-0.2, -0.15) is 0 Å². The van der Waals surface area contributed by atoms with Crippen LogP contribution < -0.4 is 10.6 Å². The molecule has 1 aromatic carbocycles. The second-order valence-corrected chi connectivity index (χ2v) is 5.37. The van der Waals surface area contributed by atoms with Crippen molar-refractivity contribution < 1.29 is 9.42 Å². The number of urea groups is 1. The highest BCUT2D eigenvalue weighted by molar-refractivity contribution is 5.73. The molecular weight excluding hydrogens is 268 g/mol. The first-order valence-corrected chi connectivity index (χ1v) is 7.08. The molecular formula is C15H18N4O2. The van der Waals surface area contributed by atoms with Crippen molar-refractivity contribution in [2.75, 3.05) is 6.54 Å². The van der Waals surface area contributed by atoms with Crippen molar-refractivity contribution in [1.29, 1.82) is 0 Å². The van der Waals surface area contributed by atoms with Gasteiger partial charge in [-0.3, -0.25) is 0 Å². The molecule has 1 aliphatic rings. The first-order chi connectivity index (χ1) is 10.2. The van der Waals surface area contributed by atoms with E-state index in [-0.39, 0.29) is 6.03 Å². The minimum atomic E-state index is -0.184. The molecule has 3 rings (SSSR count). The maximum Gasteiger partial charge on any atom is 0.315 e. The van der Waals surface area contributed by atoms with E-state index in [1.165, 1.54) is 5.56 Å². The SMILES string of the molecule is Cc1nonc1CNC(=O)NC[C@H]1C[C@@H]1c1ccccc1. The van der Waals surface area contributed by atoms with E-state index in [4.69, 9.17) is 0 Å². The molecule has 110 valence electrons. The molecule has 1 aliphatic carbocycles. The molecule has 1 fully saturated rings. The van der Waals surface area contributed by atoms with E-state index >= 15 is 0 Å². The predicted octanol–water partition coefficient (Wildman–Crippen LogP) is 1.98. The molecule has 1 saturated carbocycles. The van der Waals surface area contributed by atoms with Crippen LogP contribution in [-0.4, -0.2) is 22.9 Å². The Bertz CT molecular complexity index is 611. The molecule has 1 heterocycles. The Hall–Kier alpha value is -2.37. The van der Waals surface area contributed by atoms with Crippen molar-refractivity contribution in [2.45, 2.75) is 25.8 Å². The van der Waals surface area contributed by atoms with Gasteiger partial charge in [0.1, 0.15) is 11.4 Å². The van der Waals surface area contributed by atoms with Gasteiger partial charge in [-0.05, 0) is 30.7 Å². The van der Waals surface area contributed by atoms with E-state index in [0.717, 1.165) is 6.42 Å². The van der Waals surface area contributed by atoms with Crippen molar-refractivity contribution in [2.24, 2.45) is 5.92 Å². The molecule has 2 amide bonds. The lowest BCUT2D eigenvalue weighted by atomic mass is 10.1. The summed E-state index contributed by atoms with van der Waals surface area (Å²) in [6.45, 7) is 2.81. The zero-order valence-corrected chi connectivity index (χ0v) is 11.9. The number of hydrogen-bond donors (Lipinski definition) is 2. The summed E-state index contributed by atoms with van der Waals surface area (Å²) < 4.78 is 4.58. The summed E-state index contributed by atoms with van der Waals surface area (Å²) in [5.41, 5.74) is 2.70. The fourth-order valence-electron chi connectivity index (χ4n) is 2.44. The van der Waals surface area contributed by atoms with Crippen LogP contribution in [0.4, 0.5) is 4.79 Å². The largest absolute Gasteiger partial charge is 0.338 e. The first-order valence-electron chi connectivity index (χ1n) is 7.08. The number of rotatable bonds is 5. The Labute approximate surface area is 122 Å². The molecule has 2 N–H and O–H groups in total. The zero-order chi connectivity index (χ0) is 14.7. The lowest BCUT2D eigenvalue weighted by molar-refractivity contribution is 0.239. The van der Waals surface area contributed by atoms with Crippen molar-refractivity contribution in [3.05, 3.63) is 47.3 Å². The molecule has 6 nitrogen and oxygen atoms in total. The standard InChI is InChI=1S/C15H18N4O2/c1-10-14(19-21-18-10)9-17-15(20)16-8-12-7-13(12)11-5-3-2-4-6-11/h2-6,12-13H,7-9H2,1H3,(H2,16,17,20)/t12-,13-/m1/s1. The van der Waals surface area contributed by atoms with Crippen molar-refractivity contribution in [3.8, 4) is 0 Å². The maximum atomic E-state index is 11.7. The van der Waals surface area contributed by atoms with E-state index in [0.29, 0.717) is 36.3 Å². The second-order valence-electron chi connectivity index (χ2n) is 5.37. The summed E-state index contributed by atoms with van der Waals surface area (Å²) in [7, 11) is 0. The fraction of sp³-hybridized carbons (Fsp3) is 0.400. The van der Waals surface area contributed by atoms with E-state index in [1.807, 2.05) is 6.07 Å². The van der Waals surface area contributed by atoms with Gasteiger partial charge in [-0.1, -0.05) is 40.6 Å². The summed E-state index contributed by atoms with van der Waals surface area (Å²) in [6.07, 6.45) is 1.14. The maximum absolute atomic E-state index is 11.7. The van der Waals surface area contributed by atoms with Crippen LogP contribution in [0.25, 0.3) is 0 Å². The summed E-state index contributed by atoms with van der Waals surface area (Å²) in [6, 6.07) is 10.2. The van der Waals surface area contributed by atoms with Crippen molar-refractivity contribution in [1.82, 2.24) is 20.9 Å². The number of nitrogens with zero attached hydrogens (tertiary/aromatic N) is 2. The van der Waals surface area contributed by atoms with Crippen molar-refractivity contribution in [3.63, 3.8) is 0 Å². The summed E-state index contributed by atoms with van der Waals surface area (Å²) >= 11 is 0. The van der Waals surface area contributed by atoms with E-state index in [9.17, 15) is 4.79 Å². The van der Waals surface area contributed by atoms with Crippen LogP contribution in [0.1, 0.15) is 29.3 Å². The van der Waals surface area contributed by atoms with Crippen LogP contribution in [0.5, 0.6) is 0 Å². The average molecular weight is 286 g/mol. The molecule has 21 heavy (non-hydrogen) atoms. The number of amides is 2. The number of aromatic nitrogens is 2. The molecule has 6 heteroatoms. The molecule has 0 radical (unpaired) electrons. The Kier molecular flexibility index (Phi) is 3.85. The molecule has 1 aromatic heterocycles. The third kappa shape index (κ3) is 3.39. The van der Waals surface area contributed by atoms with Crippen LogP contribution >= 0.6 is 0 Å². The number of carbonyl (C=O) groups is 1. The van der Waals surface area contributed by atoms with E-state index in [2.05, 4.69) is 49.8 Å². The van der Waals surface area contributed by atoms with Gasteiger partial charge in [-0.25, -0.2) is 9.42 Å². The smallest absolute Gasteiger partial charge is 0.315 e. The van der Waals surface area contributed by atoms with Gasteiger partial charge in [-0.15, -0.1) is 0 Å².